The molecule has 0 aromatic carbocycles. The van der Waals surface area contributed by atoms with Crippen LogP contribution < -0.4 is 11.2 Å². The van der Waals surface area contributed by atoms with Crippen molar-refractivity contribution in [2.45, 2.75) is 51.6 Å². The van der Waals surface area contributed by atoms with Crippen molar-refractivity contribution in [1.82, 2.24) is 9.13 Å². The zero-order valence-corrected chi connectivity index (χ0v) is 12.8. The molecule has 23 heavy (non-hydrogen) atoms. The third-order valence-corrected chi connectivity index (χ3v) is 4.13. The van der Waals surface area contributed by atoms with Gasteiger partial charge in [0.2, 0.25) is 0 Å². The molecule has 1 aliphatic heterocycles. The Hall–Kier alpha value is -2.85. The summed E-state index contributed by atoms with van der Waals surface area (Å²) in [7, 11) is 0. The average molecular weight is 311 g/mol. The van der Waals surface area contributed by atoms with E-state index in [1.165, 1.54) is 4.57 Å². The zero-order valence-electron chi connectivity index (χ0n) is 12.8. The molecule has 0 saturated heterocycles. The highest BCUT2D eigenvalue weighted by Gasteiger charge is 2.22. The summed E-state index contributed by atoms with van der Waals surface area (Å²) in [6.45, 7) is 0.406. The highest BCUT2D eigenvalue weighted by Crippen LogP contribution is 2.14. The molecule has 0 unspecified atom stereocenters. The first kappa shape index (κ1) is 16.5. The maximum absolute atomic E-state index is 12.6. The highest BCUT2D eigenvalue weighted by molar-refractivity contribution is 5.32. The molecule has 0 spiro atoms. The number of hydrogen-bond acceptors (Lipinski definition) is 5. The fraction of sp³-hybridized carbons (Fsp3) is 0.562. The van der Waals surface area contributed by atoms with Crippen LogP contribution in [0.3, 0.4) is 0 Å². The lowest BCUT2D eigenvalue weighted by atomic mass is 10.1. The highest BCUT2D eigenvalue weighted by atomic mass is 16.2. The second kappa shape index (κ2) is 7.42. The molecule has 0 saturated carbocycles. The molecule has 0 N–H and O–H groups in total. The molecule has 0 aliphatic carbocycles. The SMILES string of the molecule is N#CCC[C@H](C#N)Cn1c(=O)c(C#N)c2n(c1=O)CCCCC2. The van der Waals surface area contributed by atoms with Crippen molar-refractivity contribution in [3.05, 3.63) is 32.1 Å². The van der Waals surface area contributed by atoms with Crippen LogP contribution in [-0.2, 0) is 19.5 Å². The first-order valence-electron chi connectivity index (χ1n) is 7.67. The number of rotatable bonds is 4. The molecule has 2 rings (SSSR count). The Balaban J connectivity index is 2.53. The standard InChI is InChI=1S/C16H17N5O2/c17-7-4-5-12(9-18)11-21-15(22)13(10-19)14-6-2-1-3-8-20(14)16(21)23/h12H,1-6,8,11H2/t12-/m1/s1. The van der Waals surface area contributed by atoms with E-state index in [1.54, 1.807) is 0 Å². The van der Waals surface area contributed by atoms with E-state index in [0.717, 1.165) is 23.8 Å². The van der Waals surface area contributed by atoms with Crippen LogP contribution in [0.2, 0.25) is 0 Å². The lowest BCUT2D eigenvalue weighted by molar-refractivity contribution is 0.457. The van der Waals surface area contributed by atoms with Crippen LogP contribution in [0.15, 0.2) is 9.59 Å². The van der Waals surface area contributed by atoms with E-state index in [2.05, 4.69) is 0 Å². The van der Waals surface area contributed by atoms with Crippen LogP contribution in [0.25, 0.3) is 0 Å². The third-order valence-electron chi connectivity index (χ3n) is 4.13. The molecule has 1 aromatic rings. The Kier molecular flexibility index (Phi) is 5.33. The smallest absolute Gasteiger partial charge is 0.296 e. The van der Waals surface area contributed by atoms with Gasteiger partial charge in [-0.15, -0.1) is 0 Å². The van der Waals surface area contributed by atoms with E-state index in [-0.39, 0.29) is 18.5 Å². The van der Waals surface area contributed by atoms with Gasteiger partial charge in [0.05, 0.1) is 18.1 Å². The van der Waals surface area contributed by atoms with Crippen LogP contribution >= 0.6 is 0 Å². The minimum atomic E-state index is -0.622. The van der Waals surface area contributed by atoms with Crippen molar-refractivity contribution < 1.29 is 0 Å². The Labute approximate surface area is 133 Å². The summed E-state index contributed by atoms with van der Waals surface area (Å²) in [6, 6.07) is 5.91. The third kappa shape index (κ3) is 3.33. The Morgan fingerprint density at radius 3 is 2.57 bits per heavy atom. The summed E-state index contributed by atoms with van der Waals surface area (Å²) in [4.78, 5) is 25.1. The van der Waals surface area contributed by atoms with Crippen molar-refractivity contribution in [2.75, 3.05) is 0 Å². The Bertz CT molecular complexity index is 829. The van der Waals surface area contributed by atoms with Crippen LogP contribution in [0, 0.1) is 39.9 Å². The molecule has 1 atom stereocenters. The van der Waals surface area contributed by atoms with Gasteiger partial charge in [0.1, 0.15) is 11.6 Å². The first-order valence-corrected chi connectivity index (χ1v) is 7.67. The van der Waals surface area contributed by atoms with Gasteiger partial charge in [-0.2, -0.15) is 15.8 Å². The Morgan fingerprint density at radius 1 is 1.13 bits per heavy atom. The van der Waals surface area contributed by atoms with Crippen molar-refractivity contribution in [2.24, 2.45) is 5.92 Å². The summed E-state index contributed by atoms with van der Waals surface area (Å²) >= 11 is 0. The molecule has 7 nitrogen and oxygen atoms in total. The molecule has 1 aromatic heterocycles. The van der Waals surface area contributed by atoms with Crippen molar-refractivity contribution in [3.63, 3.8) is 0 Å². The molecule has 0 amide bonds. The van der Waals surface area contributed by atoms with E-state index in [1.807, 2.05) is 18.2 Å². The lowest BCUT2D eigenvalue weighted by Gasteiger charge is -2.16. The predicted octanol–water partition coefficient (Wildman–Crippen LogP) is 1.05. The van der Waals surface area contributed by atoms with Gasteiger partial charge in [0.15, 0.2) is 0 Å². The van der Waals surface area contributed by atoms with Gasteiger partial charge in [0.25, 0.3) is 5.56 Å². The molecule has 1 aliphatic rings. The number of aromatic nitrogens is 2. The van der Waals surface area contributed by atoms with Gasteiger partial charge in [-0.1, -0.05) is 6.42 Å². The molecular weight excluding hydrogens is 294 g/mol. The summed E-state index contributed by atoms with van der Waals surface area (Å²) in [5.74, 6) is -0.601. The van der Waals surface area contributed by atoms with Gasteiger partial charge in [-0.05, 0) is 25.7 Å². The maximum Gasteiger partial charge on any atom is 0.331 e. The van der Waals surface area contributed by atoms with E-state index in [9.17, 15) is 14.9 Å². The van der Waals surface area contributed by atoms with E-state index < -0.39 is 17.2 Å². The molecule has 7 heteroatoms. The van der Waals surface area contributed by atoms with Crippen molar-refractivity contribution >= 4 is 0 Å². The zero-order chi connectivity index (χ0) is 16.8. The number of hydrogen-bond donors (Lipinski definition) is 0. The molecule has 2 heterocycles. The molecule has 118 valence electrons. The topological polar surface area (TPSA) is 115 Å². The van der Waals surface area contributed by atoms with Gasteiger partial charge >= 0.3 is 5.69 Å². The second-order valence-corrected chi connectivity index (χ2v) is 5.62. The van der Waals surface area contributed by atoms with Crippen molar-refractivity contribution in [3.8, 4) is 18.2 Å². The summed E-state index contributed by atoms with van der Waals surface area (Å²) in [5, 5.41) is 27.1. The minimum Gasteiger partial charge on any atom is -0.296 e. The quantitative estimate of drug-likeness (QED) is 0.824. The average Bonchev–Trinajstić information content (AvgIpc) is 2.81. The molecule has 0 fully saturated rings. The van der Waals surface area contributed by atoms with Crippen LogP contribution in [0.4, 0.5) is 0 Å². The normalized spacial score (nSPS) is 14.7. The van der Waals surface area contributed by atoms with Gasteiger partial charge < -0.3 is 0 Å². The van der Waals surface area contributed by atoms with Crippen LogP contribution in [-0.4, -0.2) is 9.13 Å². The predicted molar refractivity (Wildman–Crippen MR) is 81.2 cm³/mol. The largest absolute Gasteiger partial charge is 0.331 e. The first-order chi connectivity index (χ1) is 11.1. The summed E-state index contributed by atoms with van der Waals surface area (Å²) in [6.07, 6.45) is 3.65. The van der Waals surface area contributed by atoms with Crippen LogP contribution in [0.1, 0.15) is 43.4 Å². The molecule has 0 radical (unpaired) electrons. The summed E-state index contributed by atoms with van der Waals surface area (Å²) in [5.41, 5.74) is -0.559. The van der Waals surface area contributed by atoms with E-state index in [4.69, 9.17) is 10.5 Å². The molecule has 0 bridgehead atoms. The van der Waals surface area contributed by atoms with Gasteiger partial charge in [0, 0.05) is 25.2 Å². The van der Waals surface area contributed by atoms with E-state index in [0.29, 0.717) is 25.1 Å². The monoisotopic (exact) mass is 311 g/mol. The molecular formula is C16H17N5O2. The summed E-state index contributed by atoms with van der Waals surface area (Å²) < 4.78 is 2.49. The van der Waals surface area contributed by atoms with Crippen molar-refractivity contribution in [1.29, 1.82) is 15.8 Å². The minimum absolute atomic E-state index is 0.00322. The maximum atomic E-state index is 12.6. The fourth-order valence-electron chi connectivity index (χ4n) is 2.90. The number of nitrogens with zero attached hydrogens (tertiary/aromatic N) is 5. The lowest BCUT2D eigenvalue weighted by Crippen LogP contribution is -2.44. The van der Waals surface area contributed by atoms with Gasteiger partial charge in [-0.25, -0.2) is 4.79 Å². The van der Waals surface area contributed by atoms with Gasteiger partial charge in [-0.3, -0.25) is 13.9 Å². The number of nitriles is 3. The number of fused-ring (bicyclic) bond motifs is 1. The van der Waals surface area contributed by atoms with Crippen LogP contribution in [0.5, 0.6) is 0 Å². The van der Waals surface area contributed by atoms with E-state index >= 15 is 0 Å². The fourth-order valence-corrected chi connectivity index (χ4v) is 2.90. The second-order valence-electron chi connectivity index (χ2n) is 5.62. The Morgan fingerprint density at radius 2 is 1.91 bits per heavy atom.